The summed E-state index contributed by atoms with van der Waals surface area (Å²) in [4.78, 5) is 15.6. The van der Waals surface area contributed by atoms with Crippen molar-refractivity contribution < 1.29 is 9.53 Å². The topological polar surface area (TPSA) is 29.5 Å². The first-order chi connectivity index (χ1) is 11.8. The molecule has 2 aromatic carbocycles. The second-order valence-electron chi connectivity index (χ2n) is 6.01. The highest BCUT2D eigenvalue weighted by atomic mass is 32.2. The summed E-state index contributed by atoms with van der Waals surface area (Å²) in [7, 11) is 1.68. The zero-order valence-electron chi connectivity index (χ0n) is 14.0. The highest BCUT2D eigenvalue weighted by molar-refractivity contribution is 7.99. The van der Waals surface area contributed by atoms with Crippen molar-refractivity contribution in [3.63, 3.8) is 0 Å². The van der Waals surface area contributed by atoms with Crippen LogP contribution >= 0.6 is 11.8 Å². The number of carbonyl (C=O) groups is 1. The number of benzene rings is 2. The fourth-order valence-corrected chi connectivity index (χ4v) is 3.93. The van der Waals surface area contributed by atoms with Gasteiger partial charge in [0.25, 0.3) is 0 Å². The van der Waals surface area contributed by atoms with E-state index in [-0.39, 0.29) is 5.91 Å². The Hall–Kier alpha value is -1.94. The monoisotopic (exact) mass is 341 g/mol. The lowest BCUT2D eigenvalue weighted by Gasteiger charge is -2.17. The Labute approximate surface area is 148 Å². The van der Waals surface area contributed by atoms with E-state index < -0.39 is 0 Å². The summed E-state index contributed by atoms with van der Waals surface area (Å²) in [5.41, 5.74) is 1.30. The molecule has 1 amide bonds. The predicted octanol–water partition coefficient (Wildman–Crippen LogP) is 4.19. The highest BCUT2D eigenvalue weighted by Crippen LogP contribution is 2.29. The second-order valence-corrected chi connectivity index (χ2v) is 7.18. The maximum Gasteiger partial charge on any atom is 0.223 e. The van der Waals surface area contributed by atoms with E-state index in [4.69, 9.17) is 4.74 Å². The number of rotatable bonds is 6. The molecule has 1 aliphatic rings. The van der Waals surface area contributed by atoms with E-state index in [0.29, 0.717) is 12.3 Å². The number of carbonyl (C=O) groups excluding carboxylic acids is 1. The molecule has 0 radical (unpaired) electrons. The summed E-state index contributed by atoms with van der Waals surface area (Å²) in [6, 6.07) is 18.5. The molecule has 24 heavy (non-hydrogen) atoms. The number of hydrogen-bond donors (Lipinski definition) is 0. The number of amides is 1. The maximum atomic E-state index is 12.4. The molecule has 1 saturated heterocycles. The first kappa shape index (κ1) is 16.9. The van der Waals surface area contributed by atoms with Gasteiger partial charge in [0.15, 0.2) is 0 Å². The van der Waals surface area contributed by atoms with E-state index in [1.165, 1.54) is 10.5 Å². The fraction of sp³-hybridized carbons (Fsp3) is 0.350. The SMILES string of the molecule is COc1ccc(C2CCN(C(=O)CCSc3ccccc3)C2)cc1. The van der Waals surface area contributed by atoms with Crippen LogP contribution in [0.25, 0.3) is 0 Å². The zero-order chi connectivity index (χ0) is 16.8. The van der Waals surface area contributed by atoms with E-state index in [0.717, 1.165) is 31.0 Å². The van der Waals surface area contributed by atoms with Crippen molar-refractivity contribution in [1.29, 1.82) is 0 Å². The molecular weight excluding hydrogens is 318 g/mol. The van der Waals surface area contributed by atoms with Gasteiger partial charge in [-0.1, -0.05) is 30.3 Å². The molecule has 1 fully saturated rings. The molecule has 0 aliphatic carbocycles. The Morgan fingerprint density at radius 2 is 1.92 bits per heavy atom. The van der Waals surface area contributed by atoms with Crippen LogP contribution in [0.5, 0.6) is 5.75 Å². The van der Waals surface area contributed by atoms with Crippen LogP contribution in [-0.4, -0.2) is 36.8 Å². The van der Waals surface area contributed by atoms with Gasteiger partial charge in [0.1, 0.15) is 5.75 Å². The van der Waals surface area contributed by atoms with Gasteiger partial charge in [0, 0.05) is 36.1 Å². The molecule has 3 rings (SSSR count). The number of ether oxygens (including phenoxy) is 1. The predicted molar refractivity (Wildman–Crippen MR) is 98.7 cm³/mol. The summed E-state index contributed by atoms with van der Waals surface area (Å²) < 4.78 is 5.21. The molecular formula is C20H23NO2S. The molecule has 1 heterocycles. The third kappa shape index (κ3) is 4.32. The van der Waals surface area contributed by atoms with Gasteiger partial charge in [-0.05, 0) is 36.2 Å². The summed E-state index contributed by atoms with van der Waals surface area (Å²) >= 11 is 1.75. The lowest BCUT2D eigenvalue weighted by molar-refractivity contribution is -0.129. The minimum Gasteiger partial charge on any atom is -0.497 e. The summed E-state index contributed by atoms with van der Waals surface area (Å²) in [6.45, 7) is 1.70. The number of hydrogen-bond acceptors (Lipinski definition) is 3. The summed E-state index contributed by atoms with van der Waals surface area (Å²) in [6.07, 6.45) is 1.65. The summed E-state index contributed by atoms with van der Waals surface area (Å²) in [5, 5.41) is 0. The van der Waals surface area contributed by atoms with Gasteiger partial charge in [-0.15, -0.1) is 11.8 Å². The molecule has 1 atom stereocenters. The van der Waals surface area contributed by atoms with Crippen LogP contribution in [0.4, 0.5) is 0 Å². The number of thioether (sulfide) groups is 1. The van der Waals surface area contributed by atoms with E-state index in [9.17, 15) is 4.79 Å². The number of likely N-dealkylation sites (tertiary alicyclic amines) is 1. The zero-order valence-corrected chi connectivity index (χ0v) is 14.8. The largest absolute Gasteiger partial charge is 0.497 e. The van der Waals surface area contributed by atoms with Crippen LogP contribution in [-0.2, 0) is 4.79 Å². The lowest BCUT2D eigenvalue weighted by atomic mass is 9.98. The molecule has 0 saturated carbocycles. The minimum absolute atomic E-state index is 0.273. The maximum absolute atomic E-state index is 12.4. The van der Waals surface area contributed by atoms with Crippen LogP contribution in [0.15, 0.2) is 59.5 Å². The van der Waals surface area contributed by atoms with Crippen LogP contribution in [0.2, 0.25) is 0 Å². The normalized spacial score (nSPS) is 17.0. The Kier molecular flexibility index (Phi) is 5.81. The van der Waals surface area contributed by atoms with E-state index >= 15 is 0 Å². The number of methoxy groups -OCH3 is 1. The third-order valence-corrected chi connectivity index (χ3v) is 5.47. The van der Waals surface area contributed by atoms with Crippen molar-refractivity contribution >= 4 is 17.7 Å². The molecule has 1 unspecified atom stereocenters. The molecule has 3 nitrogen and oxygen atoms in total. The average Bonchev–Trinajstić information content (AvgIpc) is 3.13. The minimum atomic E-state index is 0.273. The Bertz CT molecular complexity index is 657. The van der Waals surface area contributed by atoms with E-state index in [1.54, 1.807) is 18.9 Å². The average molecular weight is 341 g/mol. The van der Waals surface area contributed by atoms with Crippen LogP contribution < -0.4 is 4.74 Å². The van der Waals surface area contributed by atoms with E-state index in [2.05, 4.69) is 24.3 Å². The molecule has 4 heteroatoms. The Morgan fingerprint density at radius 3 is 2.62 bits per heavy atom. The molecule has 0 spiro atoms. The first-order valence-corrected chi connectivity index (χ1v) is 9.34. The molecule has 0 aromatic heterocycles. The summed E-state index contributed by atoms with van der Waals surface area (Å²) in [5.74, 6) is 2.44. The van der Waals surface area contributed by atoms with Crippen molar-refractivity contribution in [3.8, 4) is 5.75 Å². The number of nitrogens with zero attached hydrogens (tertiary/aromatic N) is 1. The molecule has 0 bridgehead atoms. The molecule has 1 aliphatic heterocycles. The van der Waals surface area contributed by atoms with Gasteiger partial charge < -0.3 is 9.64 Å². The van der Waals surface area contributed by atoms with Gasteiger partial charge >= 0.3 is 0 Å². The smallest absolute Gasteiger partial charge is 0.223 e. The van der Waals surface area contributed by atoms with Gasteiger partial charge in [0.05, 0.1) is 7.11 Å². The van der Waals surface area contributed by atoms with Crippen LogP contribution in [0.1, 0.15) is 24.3 Å². The van der Waals surface area contributed by atoms with Crippen molar-refractivity contribution in [2.75, 3.05) is 26.0 Å². The van der Waals surface area contributed by atoms with Crippen molar-refractivity contribution in [3.05, 3.63) is 60.2 Å². The van der Waals surface area contributed by atoms with Crippen LogP contribution in [0, 0.1) is 0 Å². The van der Waals surface area contributed by atoms with Crippen molar-refractivity contribution in [2.24, 2.45) is 0 Å². The molecule has 126 valence electrons. The highest BCUT2D eigenvalue weighted by Gasteiger charge is 2.26. The van der Waals surface area contributed by atoms with Gasteiger partial charge in [-0.3, -0.25) is 4.79 Å². The van der Waals surface area contributed by atoms with Crippen molar-refractivity contribution in [2.45, 2.75) is 23.7 Å². The molecule has 0 N–H and O–H groups in total. The third-order valence-electron chi connectivity index (χ3n) is 4.46. The Morgan fingerprint density at radius 1 is 1.17 bits per heavy atom. The molecule has 2 aromatic rings. The second kappa shape index (κ2) is 8.25. The lowest BCUT2D eigenvalue weighted by Crippen LogP contribution is -2.28. The first-order valence-electron chi connectivity index (χ1n) is 8.36. The van der Waals surface area contributed by atoms with Crippen LogP contribution in [0.3, 0.4) is 0 Å². The quantitative estimate of drug-likeness (QED) is 0.738. The standard InChI is InChI=1S/C20H23NO2S/c1-23-18-9-7-16(8-10-18)17-11-13-21(15-17)20(22)12-14-24-19-5-3-2-4-6-19/h2-10,17H,11-15H2,1H3. The fourth-order valence-electron chi connectivity index (χ4n) is 3.07. The Balaban J connectivity index is 1.46. The van der Waals surface area contributed by atoms with Crippen molar-refractivity contribution in [1.82, 2.24) is 4.90 Å². The van der Waals surface area contributed by atoms with Gasteiger partial charge in [0.2, 0.25) is 5.91 Å². The van der Waals surface area contributed by atoms with E-state index in [1.807, 2.05) is 35.2 Å². The van der Waals surface area contributed by atoms with Gasteiger partial charge in [-0.25, -0.2) is 0 Å². The van der Waals surface area contributed by atoms with Gasteiger partial charge in [-0.2, -0.15) is 0 Å².